The van der Waals surface area contributed by atoms with Gasteiger partial charge in [0.15, 0.2) is 11.6 Å². The molecule has 40 heavy (non-hydrogen) atoms. The fourth-order valence-electron chi connectivity index (χ4n) is 5.17. The second-order valence-corrected chi connectivity index (χ2v) is 10.8. The van der Waals surface area contributed by atoms with Gasteiger partial charge in [0.05, 0.1) is 24.3 Å². The minimum absolute atomic E-state index is 0.0252. The molecule has 0 aliphatic carbocycles. The van der Waals surface area contributed by atoms with Crippen molar-refractivity contribution in [3.8, 4) is 23.0 Å². The number of Topliss-reactive ketones (excluding diaryl/α,β-unsaturated/α-hetero) is 2. The van der Waals surface area contributed by atoms with E-state index in [-0.39, 0.29) is 29.3 Å². The number of rotatable bonds is 15. The molecule has 0 radical (unpaired) electrons. The van der Waals surface area contributed by atoms with Crippen LogP contribution in [0, 0.1) is 0 Å². The number of carboxylic acid groups (broad SMARTS) is 1. The average Bonchev–Trinajstić information content (AvgIpc) is 2.89. The highest BCUT2D eigenvalue weighted by atomic mass is 16.5. The summed E-state index contributed by atoms with van der Waals surface area (Å²) in [5, 5.41) is 19.8. The SMILES string of the molecule is CCCc1c(OCCCOc2c(C(C)=O)cc3c(c2CCC)OC(C)(CCC(=O)O)CC3)ccc(C(C)=O)c1O. The Morgan fingerprint density at radius 3 is 2.25 bits per heavy atom. The summed E-state index contributed by atoms with van der Waals surface area (Å²) in [6.07, 6.45) is 5.19. The number of hydrogen-bond acceptors (Lipinski definition) is 7. The van der Waals surface area contributed by atoms with Crippen LogP contribution in [0.1, 0.15) is 111 Å². The smallest absolute Gasteiger partial charge is 0.303 e. The van der Waals surface area contributed by atoms with Crippen LogP contribution < -0.4 is 14.2 Å². The van der Waals surface area contributed by atoms with E-state index in [1.807, 2.05) is 19.9 Å². The molecular weight excluding hydrogens is 512 g/mol. The molecule has 0 fully saturated rings. The maximum absolute atomic E-state index is 12.6. The Balaban J connectivity index is 1.78. The van der Waals surface area contributed by atoms with Gasteiger partial charge in [-0.2, -0.15) is 0 Å². The van der Waals surface area contributed by atoms with Gasteiger partial charge >= 0.3 is 5.97 Å². The number of carbonyl (C=O) groups excluding carboxylic acids is 2. The maximum atomic E-state index is 12.6. The van der Waals surface area contributed by atoms with Crippen LogP contribution in [0.25, 0.3) is 0 Å². The van der Waals surface area contributed by atoms with E-state index in [1.165, 1.54) is 13.8 Å². The van der Waals surface area contributed by atoms with Crippen LogP contribution in [0.2, 0.25) is 0 Å². The molecule has 0 saturated carbocycles. The Labute approximate surface area is 236 Å². The number of carboxylic acids is 1. The largest absolute Gasteiger partial charge is 0.507 e. The molecule has 218 valence electrons. The zero-order chi connectivity index (χ0) is 29.4. The molecule has 0 spiro atoms. The summed E-state index contributed by atoms with van der Waals surface area (Å²) in [5.41, 5.74) is 2.63. The molecule has 1 unspecified atom stereocenters. The maximum Gasteiger partial charge on any atom is 0.303 e. The molecule has 1 aliphatic rings. The van der Waals surface area contributed by atoms with E-state index in [0.29, 0.717) is 80.1 Å². The first-order valence-electron chi connectivity index (χ1n) is 14.2. The first-order valence-corrected chi connectivity index (χ1v) is 14.2. The molecule has 1 atom stereocenters. The van der Waals surface area contributed by atoms with Gasteiger partial charge in [0.25, 0.3) is 0 Å². The summed E-state index contributed by atoms with van der Waals surface area (Å²) < 4.78 is 18.7. The number of benzene rings is 2. The third-order valence-electron chi connectivity index (χ3n) is 7.33. The third kappa shape index (κ3) is 7.34. The van der Waals surface area contributed by atoms with Gasteiger partial charge in [-0.25, -0.2) is 0 Å². The summed E-state index contributed by atoms with van der Waals surface area (Å²) >= 11 is 0. The van der Waals surface area contributed by atoms with Crippen LogP contribution in [0.5, 0.6) is 23.0 Å². The van der Waals surface area contributed by atoms with Gasteiger partial charge in [-0.15, -0.1) is 0 Å². The van der Waals surface area contributed by atoms with E-state index < -0.39 is 11.6 Å². The van der Waals surface area contributed by atoms with Crippen LogP contribution >= 0.6 is 0 Å². The lowest BCUT2D eigenvalue weighted by Crippen LogP contribution is -2.37. The summed E-state index contributed by atoms with van der Waals surface area (Å²) in [4.78, 5) is 35.7. The third-order valence-corrected chi connectivity index (χ3v) is 7.33. The molecule has 8 nitrogen and oxygen atoms in total. The van der Waals surface area contributed by atoms with E-state index >= 15 is 0 Å². The van der Waals surface area contributed by atoms with Crippen molar-refractivity contribution in [2.24, 2.45) is 0 Å². The minimum Gasteiger partial charge on any atom is -0.507 e. The molecule has 1 heterocycles. The van der Waals surface area contributed by atoms with Gasteiger partial charge in [0.2, 0.25) is 0 Å². The number of aliphatic carboxylic acids is 1. The highest BCUT2D eigenvalue weighted by Crippen LogP contribution is 2.44. The van der Waals surface area contributed by atoms with Crippen LogP contribution in [-0.4, -0.2) is 46.6 Å². The molecule has 0 amide bonds. The zero-order valence-corrected chi connectivity index (χ0v) is 24.4. The molecular formula is C32H42O8. The van der Waals surface area contributed by atoms with Crippen molar-refractivity contribution in [3.63, 3.8) is 0 Å². The second-order valence-electron chi connectivity index (χ2n) is 10.8. The molecule has 2 aromatic rings. The molecule has 2 N–H and O–H groups in total. The van der Waals surface area contributed by atoms with Crippen molar-refractivity contribution in [2.75, 3.05) is 13.2 Å². The number of carbonyl (C=O) groups is 3. The number of aromatic hydroxyl groups is 1. The van der Waals surface area contributed by atoms with E-state index in [2.05, 4.69) is 6.92 Å². The number of phenolic OH excluding ortho intramolecular Hbond substituents is 1. The molecule has 8 heteroatoms. The topological polar surface area (TPSA) is 119 Å². The number of ether oxygens (including phenoxy) is 3. The first kappa shape index (κ1) is 31.0. The monoisotopic (exact) mass is 554 g/mol. The van der Waals surface area contributed by atoms with Crippen LogP contribution in [-0.2, 0) is 24.1 Å². The van der Waals surface area contributed by atoms with Gasteiger partial charge in [0.1, 0.15) is 28.6 Å². The van der Waals surface area contributed by atoms with E-state index in [4.69, 9.17) is 14.2 Å². The molecule has 1 aliphatic heterocycles. The molecule has 2 aromatic carbocycles. The predicted molar refractivity (Wildman–Crippen MR) is 152 cm³/mol. The highest BCUT2D eigenvalue weighted by molar-refractivity contribution is 5.98. The normalized spacial score (nSPS) is 16.1. The number of hydrogen-bond donors (Lipinski definition) is 2. The number of ketones is 2. The predicted octanol–water partition coefficient (Wildman–Crippen LogP) is 6.50. The van der Waals surface area contributed by atoms with E-state index in [9.17, 15) is 24.6 Å². The highest BCUT2D eigenvalue weighted by Gasteiger charge is 2.35. The number of fused-ring (bicyclic) bond motifs is 1. The quantitative estimate of drug-likeness (QED) is 0.189. The van der Waals surface area contributed by atoms with Crippen LogP contribution in [0.4, 0.5) is 0 Å². The Kier molecular flexibility index (Phi) is 10.6. The Hall–Kier alpha value is -3.55. The average molecular weight is 555 g/mol. The summed E-state index contributed by atoms with van der Waals surface area (Å²) in [7, 11) is 0. The van der Waals surface area contributed by atoms with Gasteiger partial charge in [-0.3, -0.25) is 14.4 Å². The Morgan fingerprint density at radius 2 is 1.62 bits per heavy atom. The van der Waals surface area contributed by atoms with Crippen LogP contribution in [0.3, 0.4) is 0 Å². The minimum atomic E-state index is -0.852. The fourth-order valence-corrected chi connectivity index (χ4v) is 5.17. The lowest BCUT2D eigenvalue weighted by molar-refractivity contribution is -0.138. The Morgan fingerprint density at radius 1 is 0.975 bits per heavy atom. The Bertz CT molecular complexity index is 1250. The summed E-state index contributed by atoms with van der Waals surface area (Å²) in [6, 6.07) is 5.16. The van der Waals surface area contributed by atoms with Crippen LogP contribution in [0.15, 0.2) is 18.2 Å². The molecule has 0 saturated heterocycles. The lowest BCUT2D eigenvalue weighted by atomic mass is 9.86. The van der Waals surface area contributed by atoms with E-state index in [1.54, 1.807) is 12.1 Å². The standard InChI is InChI=1S/C32H42O8/c1-6-9-24-27(12-11-23(20(3)33)29(24)37)38-17-8-18-39-31-25(10-7-2)30-22(19-26(31)21(4)34)13-15-32(5,40-30)16-14-28(35)36/h11-12,19,37H,6-10,13-18H2,1-5H3,(H,35,36). The van der Waals surface area contributed by atoms with Gasteiger partial charge in [-0.1, -0.05) is 26.7 Å². The van der Waals surface area contributed by atoms with E-state index in [0.717, 1.165) is 24.0 Å². The van der Waals surface area contributed by atoms with Crippen molar-refractivity contribution in [1.29, 1.82) is 0 Å². The van der Waals surface area contributed by atoms with Crippen molar-refractivity contribution < 1.29 is 38.8 Å². The number of phenols is 1. The first-order chi connectivity index (χ1) is 19.0. The summed E-state index contributed by atoms with van der Waals surface area (Å²) in [6.45, 7) is 9.56. The van der Waals surface area contributed by atoms with Gasteiger partial charge in [-0.05, 0) is 76.6 Å². The van der Waals surface area contributed by atoms with Gasteiger partial charge < -0.3 is 24.4 Å². The molecule has 3 rings (SSSR count). The lowest BCUT2D eigenvalue weighted by Gasteiger charge is -2.37. The molecule has 0 bridgehead atoms. The van der Waals surface area contributed by atoms with Crippen molar-refractivity contribution in [1.82, 2.24) is 0 Å². The van der Waals surface area contributed by atoms with Crippen molar-refractivity contribution >= 4 is 17.5 Å². The van der Waals surface area contributed by atoms with Crippen molar-refractivity contribution in [2.45, 2.75) is 98.0 Å². The second kappa shape index (κ2) is 13.7. The van der Waals surface area contributed by atoms with Crippen molar-refractivity contribution in [3.05, 3.63) is 46.0 Å². The fraction of sp³-hybridized carbons (Fsp3) is 0.531. The summed E-state index contributed by atoms with van der Waals surface area (Å²) in [5.74, 6) is 0.611. The van der Waals surface area contributed by atoms with Gasteiger partial charge in [0, 0.05) is 24.0 Å². The number of aryl methyl sites for hydroxylation is 1. The zero-order valence-electron chi connectivity index (χ0n) is 24.4. The molecule has 0 aromatic heterocycles.